The summed E-state index contributed by atoms with van der Waals surface area (Å²) in [6.45, 7) is 26.3. The van der Waals surface area contributed by atoms with E-state index in [9.17, 15) is 0 Å². The molecule has 0 amide bonds. The number of hydrogen-bond donors (Lipinski definition) is 0. The Balaban J connectivity index is -0.000000513. The van der Waals surface area contributed by atoms with Crippen LogP contribution in [0.3, 0.4) is 0 Å². The number of nitrogens with zero attached hydrogens (tertiary/aromatic N) is 1. The summed E-state index contributed by atoms with van der Waals surface area (Å²) in [5.74, 6) is 0. The maximum absolute atomic E-state index is 4.35. The van der Waals surface area contributed by atoms with E-state index in [4.69, 9.17) is 0 Å². The predicted molar refractivity (Wildman–Crippen MR) is 192 cm³/mol. The van der Waals surface area contributed by atoms with Gasteiger partial charge in [0.25, 0.3) is 0 Å². The van der Waals surface area contributed by atoms with Gasteiger partial charge >= 0.3 is 0 Å². The van der Waals surface area contributed by atoms with Crippen LogP contribution in [-0.4, -0.2) is 4.98 Å². The predicted octanol–water partition coefficient (Wildman–Crippen LogP) is 13.0. The zero-order chi connectivity index (χ0) is 28.0. The maximum atomic E-state index is 4.35. The van der Waals surface area contributed by atoms with Crippen LogP contribution >= 0.6 is 0 Å². The van der Waals surface area contributed by atoms with Crippen LogP contribution in [0.2, 0.25) is 0 Å². The molecule has 0 saturated carbocycles. The Hall–Kier alpha value is -2.93. The summed E-state index contributed by atoms with van der Waals surface area (Å²) in [5.41, 5.74) is 8.53. The minimum Gasteiger partial charge on any atom is -0.260 e. The summed E-state index contributed by atoms with van der Waals surface area (Å²) in [6.07, 6.45) is 1.92. The Morgan fingerprint density at radius 1 is 0.415 bits per heavy atom. The molecule has 0 aliphatic heterocycles. The molecule has 0 N–H and O–H groups in total. The Labute approximate surface area is 256 Å². The van der Waals surface area contributed by atoms with E-state index < -0.39 is 0 Å². The van der Waals surface area contributed by atoms with Crippen molar-refractivity contribution in [1.82, 2.24) is 4.98 Å². The van der Waals surface area contributed by atoms with Gasteiger partial charge in [-0.05, 0) is 65.1 Å². The van der Waals surface area contributed by atoms with Crippen molar-refractivity contribution in [2.24, 2.45) is 0 Å². The van der Waals surface area contributed by atoms with Gasteiger partial charge in [-0.2, -0.15) is 0 Å². The van der Waals surface area contributed by atoms with Crippen LogP contribution in [0.1, 0.15) is 126 Å². The van der Waals surface area contributed by atoms with Crippen molar-refractivity contribution >= 4 is 10.8 Å². The third-order valence-electron chi connectivity index (χ3n) is 6.46. The molecule has 0 aliphatic rings. The summed E-state index contributed by atoms with van der Waals surface area (Å²) in [5, 5.41) is 2.68. The molecule has 0 spiro atoms. The fourth-order valence-corrected chi connectivity index (χ4v) is 3.80. The lowest BCUT2D eigenvalue weighted by atomic mass is 9.86. The second kappa shape index (κ2) is 17.1. The molecule has 0 atom stereocenters. The van der Waals surface area contributed by atoms with Crippen molar-refractivity contribution in [1.29, 1.82) is 0 Å². The van der Waals surface area contributed by atoms with Crippen LogP contribution in [0, 0.1) is 20.8 Å². The lowest BCUT2D eigenvalue weighted by Crippen LogP contribution is -2.12. The SMILES string of the molecule is C.C.C.C.Cc1ccc(C(C)(C)C)cc1.Cc1ccc(C(C)(C)C)nc1.Cc1ccc2cc(C(C)(C)C)ccc2c1. The molecule has 1 heterocycles. The van der Waals surface area contributed by atoms with Gasteiger partial charge in [0.2, 0.25) is 0 Å². The van der Waals surface area contributed by atoms with Gasteiger partial charge in [-0.3, -0.25) is 4.98 Å². The Morgan fingerprint density at radius 2 is 0.829 bits per heavy atom. The minimum absolute atomic E-state index is 0. The van der Waals surface area contributed by atoms with E-state index in [1.807, 2.05) is 6.20 Å². The van der Waals surface area contributed by atoms with E-state index in [1.54, 1.807) is 0 Å². The molecule has 4 rings (SSSR count). The Kier molecular flexibility index (Phi) is 17.8. The first kappa shape index (κ1) is 42.5. The van der Waals surface area contributed by atoms with Crippen LogP contribution in [-0.2, 0) is 16.2 Å². The first-order valence-electron chi connectivity index (χ1n) is 13.5. The second-order valence-corrected chi connectivity index (χ2v) is 13.4. The zero-order valence-electron chi connectivity index (χ0n) is 25.5. The van der Waals surface area contributed by atoms with E-state index in [2.05, 4.69) is 161 Å². The fourth-order valence-electron chi connectivity index (χ4n) is 3.80. The lowest BCUT2D eigenvalue weighted by molar-refractivity contribution is 0.568. The third kappa shape index (κ3) is 14.0. The number of pyridine rings is 1. The van der Waals surface area contributed by atoms with Gasteiger partial charge in [0.1, 0.15) is 0 Å². The van der Waals surface area contributed by atoms with Crippen LogP contribution in [0.4, 0.5) is 0 Å². The standard InChI is InChI=1S/C15H18.C11H16.C10H15N.4CH4/c1-11-5-6-13-10-14(15(2,3)4)8-7-12(13)9-11;1-9-5-7-10(8-6-9)11(2,3)4;1-8-5-6-9(11-7-8)10(2,3)4;;;;/h5-10H,1-4H3;5-8H,1-4H3;5-7H,1-4H3;4*1H4. The molecule has 4 aromatic rings. The summed E-state index contributed by atoms with van der Waals surface area (Å²) in [6, 6.07) is 26.3. The second-order valence-electron chi connectivity index (χ2n) is 13.4. The molecule has 0 fully saturated rings. The van der Waals surface area contributed by atoms with Gasteiger partial charge in [0, 0.05) is 17.3 Å². The maximum Gasteiger partial charge on any atom is 0.0457 e. The van der Waals surface area contributed by atoms with E-state index in [-0.39, 0.29) is 46.0 Å². The highest BCUT2D eigenvalue weighted by Crippen LogP contribution is 2.26. The number of aryl methyl sites for hydroxylation is 3. The van der Waals surface area contributed by atoms with Crippen molar-refractivity contribution in [2.75, 3.05) is 0 Å². The summed E-state index contributed by atoms with van der Waals surface area (Å²) >= 11 is 0. The van der Waals surface area contributed by atoms with E-state index in [1.165, 1.54) is 38.6 Å². The topological polar surface area (TPSA) is 12.9 Å². The van der Waals surface area contributed by atoms with Crippen LogP contribution in [0.25, 0.3) is 10.8 Å². The van der Waals surface area contributed by atoms with Crippen molar-refractivity contribution in [3.05, 3.63) is 113 Å². The molecule has 0 aliphatic carbocycles. The largest absolute Gasteiger partial charge is 0.260 e. The van der Waals surface area contributed by atoms with Gasteiger partial charge in [-0.1, -0.05) is 170 Å². The van der Waals surface area contributed by atoms with Gasteiger partial charge in [-0.25, -0.2) is 0 Å². The van der Waals surface area contributed by atoms with Crippen molar-refractivity contribution in [2.45, 2.75) is 129 Å². The monoisotopic (exact) mass is 560 g/mol. The van der Waals surface area contributed by atoms with E-state index >= 15 is 0 Å². The quantitative estimate of drug-likeness (QED) is 0.209. The summed E-state index contributed by atoms with van der Waals surface area (Å²) < 4.78 is 0. The van der Waals surface area contributed by atoms with Crippen LogP contribution < -0.4 is 0 Å². The first-order chi connectivity index (χ1) is 17.0. The molecule has 230 valence electrons. The van der Waals surface area contributed by atoms with Gasteiger partial charge in [0.15, 0.2) is 0 Å². The minimum atomic E-state index is 0. The average Bonchev–Trinajstić information content (AvgIpc) is 2.78. The molecular formula is C40H65N. The Bertz CT molecular complexity index is 1200. The summed E-state index contributed by atoms with van der Waals surface area (Å²) in [7, 11) is 0. The van der Waals surface area contributed by atoms with Crippen LogP contribution in [0.5, 0.6) is 0 Å². The van der Waals surface area contributed by atoms with Crippen molar-refractivity contribution in [3.8, 4) is 0 Å². The fraction of sp³-hybridized carbons (Fsp3) is 0.475. The van der Waals surface area contributed by atoms with Gasteiger partial charge in [-0.15, -0.1) is 0 Å². The first-order valence-corrected chi connectivity index (χ1v) is 13.5. The third-order valence-corrected chi connectivity index (χ3v) is 6.46. The van der Waals surface area contributed by atoms with Crippen molar-refractivity contribution in [3.63, 3.8) is 0 Å². The molecule has 0 radical (unpaired) electrons. The van der Waals surface area contributed by atoms with E-state index in [0.29, 0.717) is 0 Å². The molecule has 1 heteroatoms. The van der Waals surface area contributed by atoms with Gasteiger partial charge in [0.05, 0.1) is 0 Å². The average molecular weight is 560 g/mol. The molecule has 3 aromatic carbocycles. The van der Waals surface area contributed by atoms with Crippen LogP contribution in [0.15, 0.2) is 79.0 Å². The number of fused-ring (bicyclic) bond motifs is 1. The molecule has 0 unspecified atom stereocenters. The van der Waals surface area contributed by atoms with Crippen molar-refractivity contribution < 1.29 is 0 Å². The molecule has 0 saturated heterocycles. The number of benzene rings is 3. The molecule has 0 bridgehead atoms. The number of rotatable bonds is 0. The number of hydrogen-bond acceptors (Lipinski definition) is 1. The molecule has 1 nitrogen and oxygen atoms in total. The van der Waals surface area contributed by atoms with E-state index in [0.717, 1.165) is 5.69 Å². The normalized spacial score (nSPS) is 10.6. The molecule has 41 heavy (non-hydrogen) atoms. The van der Waals surface area contributed by atoms with Gasteiger partial charge < -0.3 is 0 Å². The Morgan fingerprint density at radius 3 is 1.27 bits per heavy atom. The highest BCUT2D eigenvalue weighted by Gasteiger charge is 2.14. The molecular weight excluding hydrogens is 494 g/mol. The highest BCUT2D eigenvalue weighted by molar-refractivity contribution is 5.84. The zero-order valence-corrected chi connectivity index (χ0v) is 25.5. The molecule has 1 aromatic heterocycles. The lowest BCUT2D eigenvalue weighted by Gasteiger charge is -2.19. The highest BCUT2D eigenvalue weighted by atomic mass is 14.7. The summed E-state index contributed by atoms with van der Waals surface area (Å²) in [4.78, 5) is 4.35. The number of aromatic nitrogens is 1. The smallest absolute Gasteiger partial charge is 0.0457 e.